The van der Waals surface area contributed by atoms with Crippen LogP contribution in [0.5, 0.6) is 0 Å². The van der Waals surface area contributed by atoms with Crippen LogP contribution in [0.15, 0.2) is 6.20 Å². The molecule has 6 nitrogen and oxygen atoms in total. The van der Waals surface area contributed by atoms with E-state index in [0.717, 1.165) is 12.8 Å². The Balaban J connectivity index is 2.13. The molecular weight excluding hydrogens is 234 g/mol. The lowest BCUT2D eigenvalue weighted by Crippen LogP contribution is -2.42. The number of carboxylic acid groups (broad SMARTS) is 1. The number of rotatable bonds is 4. The quantitative estimate of drug-likeness (QED) is 0.818. The first kappa shape index (κ1) is 12.5. The molecule has 1 amide bonds. The third kappa shape index (κ3) is 2.64. The average Bonchev–Trinajstić information content (AvgIpc) is 3.08. The number of amides is 1. The summed E-state index contributed by atoms with van der Waals surface area (Å²) in [5.41, 5.74) is 0.882. The number of aromatic nitrogens is 2. The summed E-state index contributed by atoms with van der Waals surface area (Å²) in [5, 5.41) is 11.6. The van der Waals surface area contributed by atoms with E-state index < -0.39 is 17.9 Å². The Kier molecular flexibility index (Phi) is 3.27. The number of hydrogen-bond acceptors (Lipinski definition) is 4. The molecule has 0 radical (unpaired) electrons. The van der Waals surface area contributed by atoms with E-state index in [-0.39, 0.29) is 5.92 Å². The van der Waals surface area contributed by atoms with Crippen molar-refractivity contribution in [3.63, 3.8) is 0 Å². The number of carbonyl (C=O) groups is 2. The minimum atomic E-state index is -0.989. The van der Waals surface area contributed by atoms with Gasteiger partial charge < -0.3 is 10.4 Å². The standard InChI is InChI=1S/C12H15N3O3/c1-6-9(5-13-7(2)14-6)11(16)15-10(12(17)18)8-3-4-8/h5,8,10H,3-4H2,1-2H3,(H,15,16)(H,17,18). The number of carboxylic acids is 1. The predicted octanol–water partition coefficient (Wildman–Crippen LogP) is 0.686. The summed E-state index contributed by atoms with van der Waals surface area (Å²) in [6.07, 6.45) is 3.13. The van der Waals surface area contributed by atoms with Crippen molar-refractivity contribution < 1.29 is 14.7 Å². The second-order valence-corrected chi connectivity index (χ2v) is 4.54. The Morgan fingerprint density at radius 2 is 2.11 bits per heavy atom. The third-order valence-corrected chi connectivity index (χ3v) is 2.99. The van der Waals surface area contributed by atoms with Crippen LogP contribution in [0.2, 0.25) is 0 Å². The van der Waals surface area contributed by atoms with E-state index in [0.29, 0.717) is 17.1 Å². The summed E-state index contributed by atoms with van der Waals surface area (Å²) >= 11 is 0. The second-order valence-electron chi connectivity index (χ2n) is 4.54. The fourth-order valence-corrected chi connectivity index (χ4v) is 1.84. The normalized spacial score (nSPS) is 16.1. The molecule has 1 saturated carbocycles. The molecule has 1 aliphatic carbocycles. The molecule has 1 aromatic heterocycles. The maximum absolute atomic E-state index is 12.0. The minimum absolute atomic E-state index is 0.0538. The lowest BCUT2D eigenvalue weighted by molar-refractivity contribution is -0.139. The molecule has 1 unspecified atom stereocenters. The molecule has 1 aromatic rings. The van der Waals surface area contributed by atoms with E-state index in [1.54, 1.807) is 13.8 Å². The molecule has 1 heterocycles. The number of carbonyl (C=O) groups excluding carboxylic acids is 1. The Morgan fingerprint density at radius 1 is 1.44 bits per heavy atom. The molecule has 18 heavy (non-hydrogen) atoms. The zero-order chi connectivity index (χ0) is 13.3. The number of aryl methyl sites for hydroxylation is 2. The highest BCUT2D eigenvalue weighted by Gasteiger charge is 2.37. The monoisotopic (exact) mass is 249 g/mol. The molecule has 0 saturated heterocycles. The number of hydrogen-bond donors (Lipinski definition) is 2. The Hall–Kier alpha value is -1.98. The third-order valence-electron chi connectivity index (χ3n) is 2.99. The summed E-state index contributed by atoms with van der Waals surface area (Å²) in [7, 11) is 0. The van der Waals surface area contributed by atoms with Gasteiger partial charge in [-0.25, -0.2) is 14.8 Å². The molecule has 1 atom stereocenters. The zero-order valence-electron chi connectivity index (χ0n) is 10.3. The molecule has 6 heteroatoms. The molecule has 0 aromatic carbocycles. The average molecular weight is 249 g/mol. The van der Waals surface area contributed by atoms with E-state index in [1.807, 2.05) is 0 Å². The number of aliphatic carboxylic acids is 1. The van der Waals surface area contributed by atoms with Crippen molar-refractivity contribution >= 4 is 11.9 Å². The maximum atomic E-state index is 12.0. The van der Waals surface area contributed by atoms with E-state index in [9.17, 15) is 9.59 Å². The topological polar surface area (TPSA) is 92.2 Å². The number of nitrogens with zero attached hydrogens (tertiary/aromatic N) is 2. The van der Waals surface area contributed by atoms with Gasteiger partial charge in [0.05, 0.1) is 11.3 Å². The summed E-state index contributed by atoms with van der Waals surface area (Å²) < 4.78 is 0. The maximum Gasteiger partial charge on any atom is 0.326 e. The van der Waals surface area contributed by atoms with Crippen LogP contribution in [0.4, 0.5) is 0 Å². The minimum Gasteiger partial charge on any atom is -0.480 e. The summed E-state index contributed by atoms with van der Waals surface area (Å²) in [6.45, 7) is 3.44. The van der Waals surface area contributed by atoms with E-state index >= 15 is 0 Å². The van der Waals surface area contributed by atoms with Crippen molar-refractivity contribution in [2.45, 2.75) is 32.7 Å². The van der Waals surface area contributed by atoms with E-state index in [2.05, 4.69) is 15.3 Å². The van der Waals surface area contributed by atoms with Crippen molar-refractivity contribution in [3.8, 4) is 0 Å². The van der Waals surface area contributed by atoms with Crippen LogP contribution in [0.1, 0.15) is 34.7 Å². The smallest absolute Gasteiger partial charge is 0.326 e. The molecule has 0 aliphatic heterocycles. The van der Waals surface area contributed by atoms with Crippen molar-refractivity contribution in [3.05, 3.63) is 23.3 Å². The Morgan fingerprint density at radius 3 is 2.61 bits per heavy atom. The van der Waals surface area contributed by atoms with Crippen LogP contribution in [-0.4, -0.2) is 33.0 Å². The SMILES string of the molecule is Cc1ncc(C(=O)NC(C(=O)O)C2CC2)c(C)n1. The van der Waals surface area contributed by atoms with Gasteiger partial charge in [0, 0.05) is 6.20 Å². The Labute approximate surface area is 104 Å². The van der Waals surface area contributed by atoms with Gasteiger partial charge in [0.15, 0.2) is 0 Å². The van der Waals surface area contributed by atoms with Gasteiger partial charge in [-0.1, -0.05) is 0 Å². The molecule has 0 spiro atoms. The fraction of sp³-hybridized carbons (Fsp3) is 0.500. The van der Waals surface area contributed by atoms with Gasteiger partial charge in [-0.2, -0.15) is 0 Å². The van der Waals surface area contributed by atoms with Crippen LogP contribution >= 0.6 is 0 Å². The molecular formula is C12H15N3O3. The van der Waals surface area contributed by atoms with Crippen LogP contribution in [-0.2, 0) is 4.79 Å². The molecule has 1 fully saturated rings. The van der Waals surface area contributed by atoms with Crippen LogP contribution in [0.3, 0.4) is 0 Å². The van der Waals surface area contributed by atoms with Gasteiger partial charge in [-0.15, -0.1) is 0 Å². The number of nitrogens with one attached hydrogen (secondary N) is 1. The highest BCUT2D eigenvalue weighted by Crippen LogP contribution is 2.32. The molecule has 1 aliphatic rings. The summed E-state index contributed by atoms with van der Waals surface area (Å²) in [4.78, 5) is 31.1. The molecule has 0 bridgehead atoms. The van der Waals surface area contributed by atoms with Gasteiger partial charge in [-0.3, -0.25) is 4.79 Å². The van der Waals surface area contributed by atoms with Crippen molar-refractivity contribution in [2.75, 3.05) is 0 Å². The lowest BCUT2D eigenvalue weighted by Gasteiger charge is -2.14. The van der Waals surface area contributed by atoms with Crippen LogP contribution in [0.25, 0.3) is 0 Å². The van der Waals surface area contributed by atoms with Gasteiger partial charge in [0.2, 0.25) is 0 Å². The predicted molar refractivity (Wildman–Crippen MR) is 63.1 cm³/mol. The highest BCUT2D eigenvalue weighted by atomic mass is 16.4. The van der Waals surface area contributed by atoms with Crippen molar-refractivity contribution in [1.29, 1.82) is 0 Å². The molecule has 2 N–H and O–H groups in total. The largest absolute Gasteiger partial charge is 0.480 e. The first-order valence-electron chi connectivity index (χ1n) is 5.83. The highest BCUT2D eigenvalue weighted by molar-refractivity contribution is 5.97. The summed E-state index contributed by atoms with van der Waals surface area (Å²) in [6, 6.07) is -0.807. The van der Waals surface area contributed by atoms with Gasteiger partial charge in [0.25, 0.3) is 5.91 Å². The fourth-order valence-electron chi connectivity index (χ4n) is 1.84. The molecule has 2 rings (SSSR count). The second kappa shape index (κ2) is 4.72. The Bertz CT molecular complexity index is 497. The van der Waals surface area contributed by atoms with Gasteiger partial charge in [0.1, 0.15) is 11.9 Å². The lowest BCUT2D eigenvalue weighted by atomic mass is 10.1. The first-order chi connectivity index (χ1) is 8.49. The van der Waals surface area contributed by atoms with Crippen molar-refractivity contribution in [2.24, 2.45) is 5.92 Å². The molecule has 96 valence electrons. The van der Waals surface area contributed by atoms with E-state index in [1.165, 1.54) is 6.20 Å². The van der Waals surface area contributed by atoms with E-state index in [4.69, 9.17) is 5.11 Å². The van der Waals surface area contributed by atoms with Crippen molar-refractivity contribution in [1.82, 2.24) is 15.3 Å². The zero-order valence-corrected chi connectivity index (χ0v) is 10.3. The van der Waals surface area contributed by atoms with Gasteiger partial charge >= 0.3 is 5.97 Å². The van der Waals surface area contributed by atoms with Crippen LogP contribution < -0.4 is 5.32 Å². The first-order valence-corrected chi connectivity index (χ1v) is 5.83. The van der Waals surface area contributed by atoms with Crippen LogP contribution in [0, 0.1) is 19.8 Å². The summed E-state index contributed by atoms with van der Waals surface area (Å²) in [5.74, 6) is -0.775. The van der Waals surface area contributed by atoms with Gasteiger partial charge in [-0.05, 0) is 32.6 Å².